The Morgan fingerprint density at radius 2 is 1.65 bits per heavy atom. The molecule has 0 aliphatic rings. The van der Waals surface area contributed by atoms with Crippen molar-refractivity contribution in [3.8, 4) is 0 Å². The van der Waals surface area contributed by atoms with E-state index < -0.39 is 11.9 Å². The monoisotopic (exact) mass is 278 g/mol. The van der Waals surface area contributed by atoms with Crippen molar-refractivity contribution in [1.29, 1.82) is 0 Å². The van der Waals surface area contributed by atoms with Crippen molar-refractivity contribution >= 4 is 17.8 Å². The quantitative estimate of drug-likeness (QED) is 0.840. The Morgan fingerprint density at radius 3 is 2.10 bits per heavy atom. The van der Waals surface area contributed by atoms with E-state index in [9.17, 15) is 14.4 Å². The van der Waals surface area contributed by atoms with Crippen LogP contribution >= 0.6 is 0 Å². The zero-order valence-electron chi connectivity index (χ0n) is 11.7. The fourth-order valence-electron chi connectivity index (χ4n) is 1.60. The Morgan fingerprint density at radius 1 is 1.15 bits per heavy atom. The van der Waals surface area contributed by atoms with Gasteiger partial charge >= 0.3 is 5.97 Å². The summed E-state index contributed by atoms with van der Waals surface area (Å²) in [6.45, 7) is 3.35. The Labute approximate surface area is 117 Å². The number of carbonyl (C=O) groups is 3. The van der Waals surface area contributed by atoms with Crippen LogP contribution in [-0.2, 0) is 4.79 Å². The summed E-state index contributed by atoms with van der Waals surface area (Å²) >= 11 is 0. The molecule has 1 rings (SSSR count). The molecule has 20 heavy (non-hydrogen) atoms. The fraction of sp³-hybridized carbons (Fsp3) is 0.357. The van der Waals surface area contributed by atoms with E-state index in [4.69, 9.17) is 5.11 Å². The molecule has 108 valence electrons. The third kappa shape index (κ3) is 4.38. The van der Waals surface area contributed by atoms with Crippen molar-refractivity contribution < 1.29 is 19.5 Å². The lowest BCUT2D eigenvalue weighted by molar-refractivity contribution is -0.137. The molecule has 6 nitrogen and oxygen atoms in total. The van der Waals surface area contributed by atoms with Gasteiger partial charge in [-0.1, -0.05) is 0 Å². The fourth-order valence-corrected chi connectivity index (χ4v) is 1.60. The number of aliphatic carboxylic acids is 1. The average molecular weight is 278 g/mol. The SMILES string of the molecule is CC(C)NC(=O)c1ccc(C(=O)N(C)CC(=O)O)cc1. The second-order valence-electron chi connectivity index (χ2n) is 4.76. The van der Waals surface area contributed by atoms with E-state index in [1.54, 1.807) is 12.1 Å². The van der Waals surface area contributed by atoms with Crippen LogP contribution in [0.3, 0.4) is 0 Å². The maximum absolute atomic E-state index is 11.9. The molecular formula is C14H18N2O4. The normalized spacial score (nSPS) is 10.2. The van der Waals surface area contributed by atoms with Gasteiger partial charge in [0, 0.05) is 24.2 Å². The molecule has 0 bridgehead atoms. The predicted molar refractivity (Wildman–Crippen MR) is 73.6 cm³/mol. The van der Waals surface area contributed by atoms with Crippen LogP contribution in [0.5, 0.6) is 0 Å². The number of carbonyl (C=O) groups excluding carboxylic acids is 2. The molecule has 0 aliphatic carbocycles. The van der Waals surface area contributed by atoms with Crippen LogP contribution in [0.4, 0.5) is 0 Å². The molecule has 1 aromatic carbocycles. The van der Waals surface area contributed by atoms with Crippen molar-refractivity contribution in [3.05, 3.63) is 35.4 Å². The van der Waals surface area contributed by atoms with Gasteiger partial charge in [-0.3, -0.25) is 14.4 Å². The second kappa shape index (κ2) is 6.70. The summed E-state index contributed by atoms with van der Waals surface area (Å²) in [5, 5.41) is 11.4. The molecule has 0 saturated carbocycles. The molecule has 1 aromatic rings. The minimum absolute atomic E-state index is 0.0329. The molecule has 0 saturated heterocycles. The number of carboxylic acid groups (broad SMARTS) is 1. The first-order chi connectivity index (χ1) is 9.31. The molecule has 2 N–H and O–H groups in total. The Bertz CT molecular complexity index is 508. The molecule has 0 unspecified atom stereocenters. The van der Waals surface area contributed by atoms with Crippen LogP contribution in [0.2, 0.25) is 0 Å². The maximum Gasteiger partial charge on any atom is 0.323 e. The number of hydrogen-bond acceptors (Lipinski definition) is 3. The third-order valence-corrected chi connectivity index (χ3v) is 2.53. The molecule has 0 spiro atoms. The zero-order chi connectivity index (χ0) is 15.3. The van der Waals surface area contributed by atoms with Crippen LogP contribution in [0.15, 0.2) is 24.3 Å². The highest BCUT2D eigenvalue weighted by molar-refractivity contribution is 5.98. The molecule has 6 heteroatoms. The van der Waals surface area contributed by atoms with Crippen molar-refractivity contribution in [2.45, 2.75) is 19.9 Å². The van der Waals surface area contributed by atoms with Gasteiger partial charge in [0.15, 0.2) is 0 Å². The molecule has 0 aromatic heterocycles. The lowest BCUT2D eigenvalue weighted by Gasteiger charge is -2.14. The Hall–Kier alpha value is -2.37. The number of amides is 2. The first-order valence-corrected chi connectivity index (χ1v) is 6.19. The van der Waals surface area contributed by atoms with Crippen molar-refractivity contribution in [1.82, 2.24) is 10.2 Å². The van der Waals surface area contributed by atoms with E-state index in [0.717, 1.165) is 4.90 Å². The molecule has 0 radical (unpaired) electrons. The van der Waals surface area contributed by atoms with Crippen molar-refractivity contribution in [2.24, 2.45) is 0 Å². The van der Waals surface area contributed by atoms with Crippen LogP contribution in [0, 0.1) is 0 Å². The van der Waals surface area contributed by atoms with Crippen LogP contribution < -0.4 is 5.32 Å². The predicted octanol–water partition coefficient (Wildman–Crippen LogP) is 0.981. The number of carboxylic acids is 1. The smallest absolute Gasteiger partial charge is 0.323 e. The zero-order valence-corrected chi connectivity index (χ0v) is 11.7. The van der Waals surface area contributed by atoms with E-state index in [1.807, 2.05) is 13.8 Å². The van der Waals surface area contributed by atoms with Gasteiger partial charge in [0.1, 0.15) is 6.54 Å². The number of hydrogen-bond donors (Lipinski definition) is 2. The summed E-state index contributed by atoms with van der Waals surface area (Å²) in [5.41, 5.74) is 0.797. The number of nitrogens with zero attached hydrogens (tertiary/aromatic N) is 1. The van der Waals surface area contributed by atoms with Gasteiger partial charge in [-0.05, 0) is 38.1 Å². The highest BCUT2D eigenvalue weighted by Gasteiger charge is 2.15. The van der Waals surface area contributed by atoms with Gasteiger partial charge < -0.3 is 15.3 Å². The average Bonchev–Trinajstić information content (AvgIpc) is 2.36. The molecule has 2 amide bonds. The minimum Gasteiger partial charge on any atom is -0.480 e. The summed E-state index contributed by atoms with van der Waals surface area (Å²) in [6, 6.07) is 6.14. The van der Waals surface area contributed by atoms with Gasteiger partial charge in [0.2, 0.25) is 0 Å². The van der Waals surface area contributed by atoms with Crippen LogP contribution in [-0.4, -0.2) is 47.4 Å². The van der Waals surface area contributed by atoms with Gasteiger partial charge in [-0.2, -0.15) is 0 Å². The molecule has 0 aliphatic heterocycles. The minimum atomic E-state index is -1.08. The second-order valence-corrected chi connectivity index (χ2v) is 4.76. The maximum atomic E-state index is 11.9. The van der Waals surface area contributed by atoms with E-state index in [1.165, 1.54) is 19.2 Å². The Balaban J connectivity index is 2.78. The summed E-state index contributed by atoms with van der Waals surface area (Å²) in [6.07, 6.45) is 0. The summed E-state index contributed by atoms with van der Waals surface area (Å²) < 4.78 is 0. The number of nitrogens with one attached hydrogen (secondary N) is 1. The number of benzene rings is 1. The highest BCUT2D eigenvalue weighted by Crippen LogP contribution is 2.07. The van der Waals surface area contributed by atoms with Gasteiger partial charge in [0.25, 0.3) is 11.8 Å². The van der Waals surface area contributed by atoms with Crippen LogP contribution in [0.1, 0.15) is 34.6 Å². The lowest BCUT2D eigenvalue weighted by atomic mass is 10.1. The van der Waals surface area contributed by atoms with E-state index in [2.05, 4.69) is 5.32 Å². The van der Waals surface area contributed by atoms with Gasteiger partial charge in [-0.25, -0.2) is 0 Å². The molecule has 0 heterocycles. The molecular weight excluding hydrogens is 260 g/mol. The summed E-state index contributed by atoms with van der Waals surface area (Å²) in [4.78, 5) is 35.3. The largest absolute Gasteiger partial charge is 0.480 e. The highest BCUT2D eigenvalue weighted by atomic mass is 16.4. The van der Waals surface area contributed by atoms with Crippen LogP contribution in [0.25, 0.3) is 0 Å². The molecule has 0 atom stereocenters. The summed E-state index contributed by atoms with van der Waals surface area (Å²) in [5.74, 6) is -1.69. The number of rotatable bonds is 5. The van der Waals surface area contributed by atoms with Crippen molar-refractivity contribution in [3.63, 3.8) is 0 Å². The molecule has 0 fully saturated rings. The van der Waals surface area contributed by atoms with E-state index in [-0.39, 0.29) is 18.5 Å². The first kappa shape index (κ1) is 15.7. The van der Waals surface area contributed by atoms with Gasteiger partial charge in [0.05, 0.1) is 0 Å². The summed E-state index contributed by atoms with van der Waals surface area (Å²) in [7, 11) is 1.41. The lowest BCUT2D eigenvalue weighted by Crippen LogP contribution is -2.32. The van der Waals surface area contributed by atoms with E-state index in [0.29, 0.717) is 11.1 Å². The first-order valence-electron chi connectivity index (χ1n) is 6.19. The van der Waals surface area contributed by atoms with Crippen molar-refractivity contribution in [2.75, 3.05) is 13.6 Å². The third-order valence-electron chi connectivity index (χ3n) is 2.53. The number of likely N-dealkylation sites (N-methyl/N-ethyl adjacent to an activating group) is 1. The van der Waals surface area contributed by atoms with E-state index >= 15 is 0 Å². The van der Waals surface area contributed by atoms with Gasteiger partial charge in [-0.15, -0.1) is 0 Å². The topological polar surface area (TPSA) is 86.7 Å². The Kier molecular flexibility index (Phi) is 5.25. The standard InChI is InChI=1S/C14H18N2O4/c1-9(2)15-13(19)10-4-6-11(7-5-10)14(20)16(3)8-12(17)18/h4-7,9H,8H2,1-3H3,(H,15,19)(H,17,18).